The van der Waals surface area contributed by atoms with Crippen LogP contribution in [0.3, 0.4) is 0 Å². The second-order valence-corrected chi connectivity index (χ2v) is 10.8. The third-order valence-electron chi connectivity index (χ3n) is 8.57. The van der Waals surface area contributed by atoms with Crippen LogP contribution in [0.2, 0.25) is 0 Å². The quantitative estimate of drug-likeness (QED) is 0.366. The van der Waals surface area contributed by atoms with E-state index in [0.717, 1.165) is 63.7 Å². The first kappa shape index (κ1) is 26.4. The van der Waals surface area contributed by atoms with E-state index in [9.17, 15) is 15.0 Å². The van der Waals surface area contributed by atoms with Gasteiger partial charge >= 0.3 is 0 Å². The Morgan fingerprint density at radius 3 is 2.72 bits per heavy atom. The van der Waals surface area contributed by atoms with Gasteiger partial charge in [-0.2, -0.15) is 0 Å². The molecular weight excluding hydrogens is 448 g/mol. The molecule has 194 valence electrons. The second-order valence-electron chi connectivity index (χ2n) is 10.8. The maximum atomic E-state index is 13.2. The first-order valence-electron chi connectivity index (χ1n) is 13.5. The Bertz CT molecular complexity index is 1010. The summed E-state index contributed by atoms with van der Waals surface area (Å²) in [6, 6.07) is 18.0. The Balaban J connectivity index is 1.41. The van der Waals surface area contributed by atoms with Crippen LogP contribution in [-0.4, -0.2) is 64.7 Å². The predicted octanol–water partition coefficient (Wildman–Crippen LogP) is 4.92. The number of phenolic OH excluding ortho intramolecular Hbond substituents is 1. The summed E-state index contributed by atoms with van der Waals surface area (Å²) in [6.07, 6.45) is 8.35. The van der Waals surface area contributed by atoms with Crippen molar-refractivity contribution in [1.29, 1.82) is 0 Å². The monoisotopic (exact) mass is 490 g/mol. The number of piperidine rings is 1. The van der Waals surface area contributed by atoms with E-state index < -0.39 is 6.10 Å². The van der Waals surface area contributed by atoms with Gasteiger partial charge in [0.15, 0.2) is 0 Å². The number of aryl methyl sites for hydroxylation is 1. The Morgan fingerprint density at radius 1 is 1.17 bits per heavy atom. The Hall–Kier alpha value is -2.63. The van der Waals surface area contributed by atoms with Gasteiger partial charge in [-0.3, -0.25) is 9.69 Å². The third kappa shape index (κ3) is 6.01. The van der Waals surface area contributed by atoms with Crippen molar-refractivity contribution in [1.82, 2.24) is 9.80 Å². The Morgan fingerprint density at radius 2 is 1.97 bits per heavy atom. The van der Waals surface area contributed by atoms with Gasteiger partial charge in [0.2, 0.25) is 5.91 Å². The maximum absolute atomic E-state index is 13.2. The Labute approximate surface area is 216 Å². The highest BCUT2D eigenvalue weighted by molar-refractivity contribution is 5.76. The molecule has 2 fully saturated rings. The number of rotatable bonds is 10. The molecule has 1 unspecified atom stereocenters. The van der Waals surface area contributed by atoms with Crippen LogP contribution in [0.1, 0.15) is 56.1 Å². The van der Waals surface area contributed by atoms with Gasteiger partial charge in [0.05, 0.1) is 6.10 Å². The van der Waals surface area contributed by atoms with Crippen molar-refractivity contribution in [2.75, 3.05) is 26.7 Å². The van der Waals surface area contributed by atoms with Gasteiger partial charge in [0.1, 0.15) is 5.75 Å². The first-order chi connectivity index (χ1) is 17.4. The van der Waals surface area contributed by atoms with Crippen molar-refractivity contribution < 1.29 is 15.0 Å². The molecule has 36 heavy (non-hydrogen) atoms. The van der Waals surface area contributed by atoms with Gasteiger partial charge < -0.3 is 15.1 Å². The number of unbranched alkanes of at least 4 members (excludes halogenated alkanes) is 2. The van der Waals surface area contributed by atoms with E-state index in [1.165, 1.54) is 5.56 Å². The van der Waals surface area contributed by atoms with Crippen molar-refractivity contribution in [2.24, 2.45) is 5.92 Å². The van der Waals surface area contributed by atoms with Gasteiger partial charge in [0.25, 0.3) is 0 Å². The fourth-order valence-electron chi connectivity index (χ4n) is 6.52. The number of likely N-dealkylation sites (tertiary alicyclic amines) is 1. The number of hydrogen-bond donors (Lipinski definition) is 2. The smallest absolute Gasteiger partial charge is 0.222 e. The van der Waals surface area contributed by atoms with E-state index in [1.54, 1.807) is 6.07 Å². The van der Waals surface area contributed by atoms with E-state index in [2.05, 4.69) is 41.8 Å². The number of amides is 1. The SMILES string of the molecule is C=CCN1CC[C@@]2(c3cccc(O)c3)C[C@H](N(C)C(=O)CCCCCc3ccccc3)CC(O)[C@@H]2C1. The number of benzene rings is 2. The van der Waals surface area contributed by atoms with Crippen LogP contribution in [0.25, 0.3) is 0 Å². The standard InChI is InChI=1S/C31H42N2O3/c1-3-18-33-19-17-31(25-14-10-15-27(34)20-25)22-26(21-29(35)28(31)23-33)32(2)30(36)16-9-5-8-13-24-11-6-4-7-12-24/h3-4,6-7,10-12,14-15,20,26,28-29,34-35H,1,5,8-9,13,16-19,21-23H2,2H3/t26-,28+,29?,31+/m1/s1. The molecule has 0 aromatic heterocycles. The number of carbonyl (C=O) groups is 1. The predicted molar refractivity (Wildman–Crippen MR) is 145 cm³/mol. The van der Waals surface area contributed by atoms with Gasteiger partial charge in [-0.25, -0.2) is 0 Å². The lowest BCUT2D eigenvalue weighted by atomic mass is 9.56. The number of aliphatic hydroxyl groups is 1. The maximum Gasteiger partial charge on any atom is 0.222 e. The lowest BCUT2D eigenvalue weighted by Crippen LogP contribution is -2.61. The van der Waals surface area contributed by atoms with E-state index in [4.69, 9.17) is 0 Å². The fourth-order valence-corrected chi connectivity index (χ4v) is 6.52. The number of carbonyl (C=O) groups excluding carboxylic acids is 1. The second kappa shape index (κ2) is 12.1. The van der Waals surface area contributed by atoms with Gasteiger partial charge in [-0.05, 0) is 68.3 Å². The molecule has 1 saturated carbocycles. The van der Waals surface area contributed by atoms with Crippen LogP contribution in [-0.2, 0) is 16.6 Å². The zero-order valence-corrected chi connectivity index (χ0v) is 21.7. The van der Waals surface area contributed by atoms with Crippen LogP contribution < -0.4 is 0 Å². The first-order valence-corrected chi connectivity index (χ1v) is 13.5. The summed E-state index contributed by atoms with van der Waals surface area (Å²) in [5.41, 5.74) is 2.17. The molecule has 0 spiro atoms. The number of phenols is 1. The highest BCUT2D eigenvalue weighted by Crippen LogP contribution is 2.50. The van der Waals surface area contributed by atoms with Gasteiger partial charge in [-0.1, -0.05) is 55.0 Å². The minimum atomic E-state index is -0.500. The van der Waals surface area contributed by atoms with Crippen molar-refractivity contribution in [3.63, 3.8) is 0 Å². The number of hydrogen-bond acceptors (Lipinski definition) is 4. The average Bonchev–Trinajstić information content (AvgIpc) is 2.89. The van der Waals surface area contributed by atoms with Gasteiger partial charge in [0, 0.05) is 43.9 Å². The highest BCUT2D eigenvalue weighted by atomic mass is 16.3. The van der Waals surface area contributed by atoms with Crippen LogP contribution >= 0.6 is 0 Å². The molecule has 0 bridgehead atoms. The molecule has 0 radical (unpaired) electrons. The molecule has 2 N–H and O–H groups in total. The van der Waals surface area contributed by atoms with E-state index in [1.807, 2.05) is 36.2 Å². The largest absolute Gasteiger partial charge is 0.508 e. The number of aliphatic hydroxyl groups excluding tert-OH is 1. The van der Waals surface area contributed by atoms with Crippen LogP contribution in [0.5, 0.6) is 5.75 Å². The summed E-state index contributed by atoms with van der Waals surface area (Å²) >= 11 is 0. The normalized spacial score (nSPS) is 26.2. The summed E-state index contributed by atoms with van der Waals surface area (Å²) in [4.78, 5) is 17.4. The summed E-state index contributed by atoms with van der Waals surface area (Å²) in [7, 11) is 1.91. The minimum absolute atomic E-state index is 0.0126. The summed E-state index contributed by atoms with van der Waals surface area (Å²) in [5, 5.41) is 21.6. The van der Waals surface area contributed by atoms with Crippen LogP contribution in [0.4, 0.5) is 0 Å². The molecule has 2 aromatic carbocycles. The van der Waals surface area contributed by atoms with Crippen molar-refractivity contribution in [3.8, 4) is 5.75 Å². The summed E-state index contributed by atoms with van der Waals surface area (Å²) < 4.78 is 0. The van der Waals surface area contributed by atoms with Crippen molar-refractivity contribution >= 4 is 5.91 Å². The van der Waals surface area contributed by atoms with Crippen molar-refractivity contribution in [3.05, 3.63) is 78.4 Å². The molecular formula is C31H42N2O3. The molecule has 1 aliphatic carbocycles. The number of nitrogens with zero attached hydrogens (tertiary/aromatic N) is 2. The summed E-state index contributed by atoms with van der Waals surface area (Å²) in [6.45, 7) is 6.41. The molecule has 1 aliphatic heterocycles. The fraction of sp³-hybridized carbons (Fsp3) is 0.516. The molecule has 2 aliphatic rings. The molecule has 1 saturated heterocycles. The lowest BCUT2D eigenvalue weighted by Gasteiger charge is -2.56. The van der Waals surface area contributed by atoms with Crippen molar-refractivity contribution in [2.45, 2.75) is 68.9 Å². The molecule has 2 aromatic rings. The molecule has 1 amide bonds. The van der Waals surface area contributed by atoms with Gasteiger partial charge in [-0.15, -0.1) is 6.58 Å². The minimum Gasteiger partial charge on any atom is -0.508 e. The number of aromatic hydroxyl groups is 1. The molecule has 1 heterocycles. The number of fused-ring (bicyclic) bond motifs is 1. The van der Waals surface area contributed by atoms with Crippen LogP contribution in [0, 0.1) is 5.92 Å². The van der Waals surface area contributed by atoms with E-state index in [0.29, 0.717) is 12.8 Å². The highest BCUT2D eigenvalue weighted by Gasteiger charge is 2.52. The summed E-state index contributed by atoms with van der Waals surface area (Å²) in [5.74, 6) is 0.483. The lowest BCUT2D eigenvalue weighted by molar-refractivity contribution is -0.136. The Kier molecular flexibility index (Phi) is 8.86. The molecule has 4 rings (SSSR count). The molecule has 5 heteroatoms. The molecule has 5 nitrogen and oxygen atoms in total. The molecule has 4 atom stereocenters. The average molecular weight is 491 g/mol. The van der Waals surface area contributed by atoms with E-state index in [-0.39, 0.29) is 29.0 Å². The van der Waals surface area contributed by atoms with E-state index >= 15 is 0 Å². The topological polar surface area (TPSA) is 64.0 Å². The zero-order chi connectivity index (χ0) is 25.5. The zero-order valence-electron chi connectivity index (χ0n) is 21.7. The third-order valence-corrected chi connectivity index (χ3v) is 8.57. The van der Waals surface area contributed by atoms with Crippen LogP contribution in [0.15, 0.2) is 67.3 Å².